The van der Waals surface area contributed by atoms with Crippen LogP contribution in [-0.2, 0) is 13.6 Å². The monoisotopic (exact) mass is 189 g/mol. The van der Waals surface area contributed by atoms with Crippen molar-refractivity contribution in [1.29, 1.82) is 5.26 Å². The van der Waals surface area contributed by atoms with Gasteiger partial charge in [-0.25, -0.2) is 0 Å². The van der Waals surface area contributed by atoms with E-state index in [1.165, 1.54) is 0 Å². The van der Waals surface area contributed by atoms with Gasteiger partial charge in [0.05, 0.1) is 0 Å². The van der Waals surface area contributed by atoms with E-state index < -0.39 is 0 Å². The zero-order valence-corrected chi connectivity index (χ0v) is 8.62. The quantitative estimate of drug-likeness (QED) is 0.730. The minimum Gasteiger partial charge on any atom is -0.342 e. The van der Waals surface area contributed by atoms with Gasteiger partial charge in [0.15, 0.2) is 0 Å². The minimum atomic E-state index is 0.292. The smallest absolute Gasteiger partial charge is 0.120 e. The first-order valence-electron chi connectivity index (χ1n) is 4.58. The van der Waals surface area contributed by atoms with Gasteiger partial charge in [-0.15, -0.1) is 6.58 Å². The Bertz CT molecular complexity index is 357. The molecule has 0 aliphatic rings. The van der Waals surface area contributed by atoms with Gasteiger partial charge in [-0.2, -0.15) is 5.26 Å². The Labute approximate surface area is 84.7 Å². The van der Waals surface area contributed by atoms with Gasteiger partial charge in [-0.1, -0.05) is 6.08 Å². The van der Waals surface area contributed by atoms with E-state index in [0.29, 0.717) is 11.7 Å². The van der Waals surface area contributed by atoms with E-state index in [1.807, 2.05) is 36.9 Å². The van der Waals surface area contributed by atoms with E-state index in [1.54, 1.807) is 0 Å². The van der Waals surface area contributed by atoms with E-state index in [2.05, 4.69) is 18.0 Å². The van der Waals surface area contributed by atoms with Crippen LogP contribution < -0.4 is 5.32 Å². The second-order valence-corrected chi connectivity index (χ2v) is 3.36. The molecule has 0 aromatic carbocycles. The third kappa shape index (κ3) is 2.48. The molecule has 0 aliphatic carbocycles. The highest BCUT2D eigenvalue weighted by atomic mass is 14.9. The number of aryl methyl sites for hydroxylation is 1. The number of hydrogen-bond acceptors (Lipinski definition) is 2. The lowest BCUT2D eigenvalue weighted by molar-refractivity contribution is 0.633. The molecule has 0 radical (unpaired) electrons. The molecule has 0 bridgehead atoms. The molecule has 1 atom stereocenters. The molecule has 1 aromatic rings. The second-order valence-electron chi connectivity index (χ2n) is 3.36. The van der Waals surface area contributed by atoms with Crippen LogP contribution in [0.15, 0.2) is 24.9 Å². The van der Waals surface area contributed by atoms with E-state index in [9.17, 15) is 0 Å². The molecular formula is C11H15N3. The molecule has 0 fully saturated rings. The Morgan fingerprint density at radius 1 is 1.79 bits per heavy atom. The van der Waals surface area contributed by atoms with Crippen molar-refractivity contribution in [2.24, 2.45) is 7.05 Å². The summed E-state index contributed by atoms with van der Waals surface area (Å²) in [5.41, 5.74) is 1.81. The molecule has 1 rings (SSSR count). The molecule has 3 nitrogen and oxygen atoms in total. The number of rotatable bonds is 4. The van der Waals surface area contributed by atoms with Crippen LogP contribution in [0.2, 0.25) is 0 Å². The number of nitriles is 1. The fraction of sp³-hybridized carbons (Fsp3) is 0.364. The third-order valence-electron chi connectivity index (χ3n) is 2.16. The largest absolute Gasteiger partial charge is 0.342 e. The van der Waals surface area contributed by atoms with Gasteiger partial charge in [-0.05, 0) is 18.6 Å². The first-order chi connectivity index (χ1) is 6.67. The fourth-order valence-corrected chi connectivity index (χ4v) is 1.20. The summed E-state index contributed by atoms with van der Waals surface area (Å²) in [7, 11) is 1.87. The van der Waals surface area contributed by atoms with E-state index in [-0.39, 0.29) is 0 Å². The molecule has 1 aromatic heterocycles. The highest BCUT2D eigenvalue weighted by Crippen LogP contribution is 2.05. The number of nitrogens with one attached hydrogen (secondary N) is 1. The molecule has 74 valence electrons. The van der Waals surface area contributed by atoms with Crippen LogP contribution in [0, 0.1) is 11.3 Å². The SMILES string of the molecule is C=CC(C)NCc1cc(C#N)n(C)c1. The summed E-state index contributed by atoms with van der Waals surface area (Å²) in [5, 5.41) is 12.0. The molecular weight excluding hydrogens is 174 g/mol. The van der Waals surface area contributed by atoms with Crippen molar-refractivity contribution in [3.8, 4) is 6.07 Å². The number of aromatic nitrogens is 1. The van der Waals surface area contributed by atoms with Crippen LogP contribution in [0.5, 0.6) is 0 Å². The maximum atomic E-state index is 8.75. The van der Waals surface area contributed by atoms with Crippen LogP contribution in [-0.4, -0.2) is 10.6 Å². The summed E-state index contributed by atoms with van der Waals surface area (Å²) in [6, 6.07) is 4.32. The lowest BCUT2D eigenvalue weighted by atomic mass is 10.2. The molecule has 1 N–H and O–H groups in total. The van der Waals surface area contributed by atoms with Crippen molar-refractivity contribution in [2.75, 3.05) is 0 Å². The van der Waals surface area contributed by atoms with Crippen molar-refractivity contribution in [3.05, 3.63) is 36.2 Å². The van der Waals surface area contributed by atoms with Crippen molar-refractivity contribution in [2.45, 2.75) is 19.5 Å². The van der Waals surface area contributed by atoms with Crippen molar-refractivity contribution >= 4 is 0 Å². The van der Waals surface area contributed by atoms with E-state index >= 15 is 0 Å². The Morgan fingerprint density at radius 2 is 2.50 bits per heavy atom. The predicted octanol–water partition coefficient (Wildman–Crippen LogP) is 1.56. The lowest BCUT2D eigenvalue weighted by Crippen LogP contribution is -2.22. The lowest BCUT2D eigenvalue weighted by Gasteiger charge is -2.06. The minimum absolute atomic E-state index is 0.292. The van der Waals surface area contributed by atoms with Crippen molar-refractivity contribution in [3.63, 3.8) is 0 Å². The number of hydrogen-bond donors (Lipinski definition) is 1. The van der Waals surface area contributed by atoms with Gasteiger partial charge in [-0.3, -0.25) is 0 Å². The highest BCUT2D eigenvalue weighted by molar-refractivity contribution is 5.28. The van der Waals surface area contributed by atoms with Gasteiger partial charge in [0.25, 0.3) is 0 Å². The summed E-state index contributed by atoms with van der Waals surface area (Å²) in [5.74, 6) is 0. The standard InChI is InChI=1S/C11H15N3/c1-4-9(2)13-7-10-5-11(6-12)14(3)8-10/h4-5,8-9,13H,1,7H2,2-3H3. The molecule has 1 heterocycles. The van der Waals surface area contributed by atoms with Gasteiger partial charge < -0.3 is 9.88 Å². The van der Waals surface area contributed by atoms with E-state index in [0.717, 1.165) is 12.1 Å². The Morgan fingerprint density at radius 3 is 3.00 bits per heavy atom. The summed E-state index contributed by atoms with van der Waals surface area (Å²) in [6.45, 7) is 6.50. The highest BCUT2D eigenvalue weighted by Gasteiger charge is 2.02. The van der Waals surface area contributed by atoms with Crippen molar-refractivity contribution in [1.82, 2.24) is 9.88 Å². The summed E-state index contributed by atoms with van der Waals surface area (Å²) in [6.07, 6.45) is 3.81. The zero-order valence-electron chi connectivity index (χ0n) is 8.62. The average Bonchev–Trinajstić information content (AvgIpc) is 2.55. The molecule has 3 heteroatoms. The Kier molecular flexibility index (Phi) is 3.49. The zero-order chi connectivity index (χ0) is 10.6. The predicted molar refractivity (Wildman–Crippen MR) is 56.6 cm³/mol. The average molecular weight is 189 g/mol. The Balaban J connectivity index is 2.60. The molecule has 14 heavy (non-hydrogen) atoms. The maximum absolute atomic E-state index is 8.75. The van der Waals surface area contributed by atoms with Crippen molar-refractivity contribution < 1.29 is 0 Å². The van der Waals surface area contributed by atoms with Gasteiger partial charge >= 0.3 is 0 Å². The summed E-state index contributed by atoms with van der Waals surface area (Å²) < 4.78 is 1.83. The molecule has 0 spiro atoms. The van der Waals surface area contributed by atoms with Crippen LogP contribution in [0.3, 0.4) is 0 Å². The van der Waals surface area contributed by atoms with Crippen LogP contribution in [0.25, 0.3) is 0 Å². The summed E-state index contributed by atoms with van der Waals surface area (Å²) in [4.78, 5) is 0. The van der Waals surface area contributed by atoms with Gasteiger partial charge in [0.1, 0.15) is 11.8 Å². The normalized spacial score (nSPS) is 12.1. The van der Waals surface area contributed by atoms with E-state index in [4.69, 9.17) is 5.26 Å². The molecule has 1 unspecified atom stereocenters. The molecule has 0 saturated carbocycles. The van der Waals surface area contributed by atoms with Gasteiger partial charge in [0.2, 0.25) is 0 Å². The number of nitrogens with zero attached hydrogens (tertiary/aromatic N) is 2. The molecule has 0 amide bonds. The fourth-order valence-electron chi connectivity index (χ4n) is 1.20. The van der Waals surface area contributed by atoms with Gasteiger partial charge in [0, 0.05) is 25.8 Å². The third-order valence-corrected chi connectivity index (χ3v) is 2.16. The first kappa shape index (κ1) is 10.6. The maximum Gasteiger partial charge on any atom is 0.120 e. The first-order valence-corrected chi connectivity index (χ1v) is 4.58. The Hall–Kier alpha value is -1.53. The topological polar surface area (TPSA) is 40.8 Å². The molecule has 0 aliphatic heterocycles. The molecule has 0 saturated heterocycles. The van der Waals surface area contributed by atoms with Crippen LogP contribution in [0.4, 0.5) is 0 Å². The summed E-state index contributed by atoms with van der Waals surface area (Å²) >= 11 is 0. The second kappa shape index (κ2) is 4.64. The van der Waals surface area contributed by atoms with Crippen LogP contribution in [0.1, 0.15) is 18.2 Å². The van der Waals surface area contributed by atoms with Crippen LogP contribution >= 0.6 is 0 Å².